The normalized spacial score (nSPS) is 13.3. The Morgan fingerprint density at radius 2 is 1.00 bits per heavy atom. The summed E-state index contributed by atoms with van der Waals surface area (Å²) in [4.78, 5) is 15.6. The van der Waals surface area contributed by atoms with Crippen molar-refractivity contribution in [2.24, 2.45) is 0 Å². The molecule has 3 heterocycles. The number of rotatable bonds is 5. The Labute approximate surface area is 289 Å². The first kappa shape index (κ1) is 28.4. The molecule has 0 radical (unpaired) electrons. The van der Waals surface area contributed by atoms with Crippen molar-refractivity contribution in [1.82, 2.24) is 24.1 Å². The van der Waals surface area contributed by atoms with Crippen LogP contribution in [0.3, 0.4) is 0 Å². The summed E-state index contributed by atoms with van der Waals surface area (Å²) in [6.07, 6.45) is 6.34. The molecule has 1 aliphatic rings. The summed E-state index contributed by atoms with van der Waals surface area (Å²) in [7, 11) is 0. The highest BCUT2D eigenvalue weighted by Gasteiger charge is 2.22. The van der Waals surface area contributed by atoms with Crippen LogP contribution in [0.25, 0.3) is 77.8 Å². The van der Waals surface area contributed by atoms with Gasteiger partial charge in [0, 0.05) is 32.8 Å². The van der Waals surface area contributed by atoms with Gasteiger partial charge in [0.2, 0.25) is 5.95 Å². The minimum absolute atomic E-state index is 0.610. The summed E-state index contributed by atoms with van der Waals surface area (Å²) < 4.78 is 4.59. The fraction of sp³-hybridized carbons (Fsp3) is 0.0444. The van der Waals surface area contributed by atoms with Gasteiger partial charge in [-0.25, -0.2) is 4.98 Å². The molecule has 5 heteroatoms. The van der Waals surface area contributed by atoms with Crippen LogP contribution in [-0.2, 0) is 0 Å². The number of fused-ring (bicyclic) bond motifs is 6. The Kier molecular flexibility index (Phi) is 6.56. The minimum atomic E-state index is 0.610. The van der Waals surface area contributed by atoms with E-state index in [0.717, 1.165) is 51.6 Å². The van der Waals surface area contributed by atoms with Crippen LogP contribution in [0.2, 0.25) is 0 Å². The van der Waals surface area contributed by atoms with E-state index in [1.807, 2.05) is 18.2 Å². The second kappa shape index (κ2) is 11.5. The molecule has 0 spiro atoms. The molecular weight excluding hydrogens is 611 g/mol. The van der Waals surface area contributed by atoms with E-state index >= 15 is 0 Å². The molecule has 0 atom stereocenters. The fourth-order valence-corrected chi connectivity index (χ4v) is 7.54. The minimum Gasteiger partial charge on any atom is -0.309 e. The van der Waals surface area contributed by atoms with Crippen LogP contribution < -0.4 is 0 Å². The third-order valence-electron chi connectivity index (χ3n) is 9.84. The Morgan fingerprint density at radius 1 is 0.440 bits per heavy atom. The van der Waals surface area contributed by atoms with Crippen molar-refractivity contribution < 1.29 is 0 Å². The molecule has 0 saturated heterocycles. The number of benzene rings is 6. The molecule has 0 bridgehead atoms. The summed E-state index contributed by atoms with van der Waals surface area (Å²) in [5.41, 5.74) is 10.0. The summed E-state index contributed by atoms with van der Waals surface area (Å²) in [6.45, 7) is 0. The van der Waals surface area contributed by atoms with E-state index in [2.05, 4.69) is 155 Å². The van der Waals surface area contributed by atoms with Gasteiger partial charge in [0.15, 0.2) is 11.6 Å². The van der Waals surface area contributed by atoms with Gasteiger partial charge in [-0.2, -0.15) is 9.97 Å². The maximum Gasteiger partial charge on any atom is 0.238 e. The van der Waals surface area contributed by atoms with Crippen molar-refractivity contribution in [3.63, 3.8) is 0 Å². The molecule has 3 aromatic heterocycles. The molecule has 0 amide bonds. The lowest BCUT2D eigenvalue weighted by atomic mass is 9.94. The van der Waals surface area contributed by atoms with E-state index in [-0.39, 0.29) is 0 Å². The highest BCUT2D eigenvalue weighted by molar-refractivity contribution is 6.19. The van der Waals surface area contributed by atoms with E-state index < -0.39 is 0 Å². The van der Waals surface area contributed by atoms with Crippen LogP contribution in [0.4, 0.5) is 0 Å². The van der Waals surface area contributed by atoms with E-state index in [0.29, 0.717) is 17.6 Å². The molecule has 0 aliphatic heterocycles. The van der Waals surface area contributed by atoms with E-state index in [9.17, 15) is 0 Å². The Balaban J connectivity index is 1.27. The zero-order valence-corrected chi connectivity index (χ0v) is 27.2. The summed E-state index contributed by atoms with van der Waals surface area (Å²) in [6, 6.07) is 53.3. The number of aromatic nitrogens is 5. The van der Waals surface area contributed by atoms with Gasteiger partial charge in [-0.05, 0) is 72.0 Å². The quantitative estimate of drug-likeness (QED) is 0.188. The third-order valence-corrected chi connectivity index (χ3v) is 9.84. The molecular formula is C45H31N5. The molecule has 0 fully saturated rings. The molecule has 0 unspecified atom stereocenters. The molecule has 0 saturated carbocycles. The van der Waals surface area contributed by atoms with Crippen molar-refractivity contribution in [3.8, 4) is 23.0 Å². The predicted molar refractivity (Wildman–Crippen MR) is 206 cm³/mol. The average molecular weight is 642 g/mol. The van der Waals surface area contributed by atoms with E-state index in [4.69, 9.17) is 15.0 Å². The number of nitrogens with zero attached hydrogens (tertiary/aromatic N) is 5. The smallest absolute Gasteiger partial charge is 0.238 e. The monoisotopic (exact) mass is 641 g/mol. The Morgan fingerprint density at radius 3 is 1.70 bits per heavy atom. The maximum absolute atomic E-state index is 5.30. The van der Waals surface area contributed by atoms with Crippen LogP contribution in [-0.4, -0.2) is 24.1 Å². The first-order valence-electron chi connectivity index (χ1n) is 17.1. The molecule has 0 N–H and O–H groups in total. The van der Waals surface area contributed by atoms with Crippen molar-refractivity contribution in [2.45, 2.75) is 12.8 Å². The first-order valence-corrected chi connectivity index (χ1v) is 17.1. The van der Waals surface area contributed by atoms with Gasteiger partial charge in [0.05, 0.1) is 22.1 Å². The lowest BCUT2D eigenvalue weighted by Gasteiger charge is -2.16. The van der Waals surface area contributed by atoms with Crippen molar-refractivity contribution in [1.29, 1.82) is 0 Å². The lowest BCUT2D eigenvalue weighted by molar-refractivity contribution is 0.914. The highest BCUT2D eigenvalue weighted by atomic mass is 15.2. The van der Waals surface area contributed by atoms with Crippen molar-refractivity contribution >= 4 is 54.8 Å². The Bertz CT molecular complexity index is 2790. The molecule has 10 rings (SSSR count). The molecule has 50 heavy (non-hydrogen) atoms. The zero-order valence-electron chi connectivity index (χ0n) is 27.2. The summed E-state index contributed by atoms with van der Waals surface area (Å²) in [5.74, 6) is 1.98. The SMILES string of the molecule is C1=C(c2ccccc2)C=C(c2nc(-c3ccccc3)nc(-n3c4ccccc4c4cc5c6ccccc6n(-c6ccccc6)c5cc43)n2)CC1. The zero-order chi connectivity index (χ0) is 33.0. The highest BCUT2D eigenvalue weighted by Crippen LogP contribution is 2.39. The average Bonchev–Trinajstić information content (AvgIpc) is 3.70. The van der Waals surface area contributed by atoms with Crippen LogP contribution in [0.15, 0.2) is 164 Å². The fourth-order valence-electron chi connectivity index (χ4n) is 7.54. The molecule has 9 aromatic rings. The van der Waals surface area contributed by atoms with Crippen molar-refractivity contribution in [2.75, 3.05) is 0 Å². The van der Waals surface area contributed by atoms with Gasteiger partial charge in [-0.1, -0.05) is 121 Å². The van der Waals surface area contributed by atoms with Crippen LogP contribution in [0, 0.1) is 0 Å². The molecule has 6 aromatic carbocycles. The number of hydrogen-bond acceptors (Lipinski definition) is 3. The summed E-state index contributed by atoms with van der Waals surface area (Å²) in [5, 5.41) is 4.77. The largest absolute Gasteiger partial charge is 0.309 e. The van der Waals surface area contributed by atoms with Crippen LogP contribution in [0.5, 0.6) is 0 Å². The molecule has 1 aliphatic carbocycles. The van der Waals surface area contributed by atoms with Gasteiger partial charge in [-0.15, -0.1) is 0 Å². The second-order valence-electron chi connectivity index (χ2n) is 12.8. The van der Waals surface area contributed by atoms with Gasteiger partial charge < -0.3 is 4.57 Å². The van der Waals surface area contributed by atoms with Crippen molar-refractivity contribution in [3.05, 3.63) is 175 Å². The standard InChI is InChI=1S/C45H31N5/c1-4-15-30(16-5-1)32-19-14-20-33(27-32)44-46-43(31-17-6-2-7-18-31)47-45(48-44)50-40-26-13-11-24-36(40)38-28-37-35-23-10-12-25-39(35)49(41(37)29-42(38)50)34-21-8-3-9-22-34/h1-13,15-19,21-29H,14,20H2. The summed E-state index contributed by atoms with van der Waals surface area (Å²) >= 11 is 0. The molecule has 5 nitrogen and oxygen atoms in total. The number of allylic oxidation sites excluding steroid dienone is 4. The van der Waals surface area contributed by atoms with E-state index in [1.165, 1.54) is 32.8 Å². The van der Waals surface area contributed by atoms with Gasteiger partial charge in [0.25, 0.3) is 0 Å². The van der Waals surface area contributed by atoms with E-state index in [1.54, 1.807) is 0 Å². The topological polar surface area (TPSA) is 48.5 Å². The van der Waals surface area contributed by atoms with Gasteiger partial charge in [0.1, 0.15) is 0 Å². The van der Waals surface area contributed by atoms with Crippen LogP contribution in [0.1, 0.15) is 24.2 Å². The predicted octanol–water partition coefficient (Wildman–Crippen LogP) is 11.0. The lowest BCUT2D eigenvalue weighted by Crippen LogP contribution is -2.09. The first-order chi connectivity index (χ1) is 24.8. The third kappa shape index (κ3) is 4.59. The van der Waals surface area contributed by atoms with Gasteiger partial charge in [-0.3, -0.25) is 4.57 Å². The number of para-hydroxylation sites is 3. The molecule has 236 valence electrons. The van der Waals surface area contributed by atoms with Crippen LogP contribution >= 0.6 is 0 Å². The second-order valence-corrected chi connectivity index (χ2v) is 12.8. The number of hydrogen-bond donors (Lipinski definition) is 0. The maximum atomic E-state index is 5.30. The van der Waals surface area contributed by atoms with Gasteiger partial charge >= 0.3 is 0 Å². The Hall–Kier alpha value is -6.59.